The first kappa shape index (κ1) is 11.5. The number of aryl methyl sites for hydroxylation is 1. The second kappa shape index (κ2) is 4.87. The Morgan fingerprint density at radius 2 is 2.25 bits per heavy atom. The minimum atomic E-state index is 0.450. The quantitative estimate of drug-likeness (QED) is 0.856. The standard InChI is InChI=1S/C12H17N3S/c1-8(2)11-7-16-12(15-11)14-10-5-4-9(3)13-6-10/h4-6,8,11H,7H2,1-3H3,(H,14,15)/t11-/m1/s1. The lowest BCUT2D eigenvalue weighted by molar-refractivity contribution is 0.543. The van der Waals surface area contributed by atoms with E-state index in [9.17, 15) is 0 Å². The van der Waals surface area contributed by atoms with Gasteiger partial charge in [0.1, 0.15) is 0 Å². The Labute approximate surface area is 101 Å². The van der Waals surface area contributed by atoms with Crippen LogP contribution in [-0.2, 0) is 0 Å². The van der Waals surface area contributed by atoms with E-state index in [1.54, 1.807) is 11.8 Å². The first-order chi connectivity index (χ1) is 7.65. The maximum atomic E-state index is 4.65. The average molecular weight is 235 g/mol. The van der Waals surface area contributed by atoms with Crippen LogP contribution < -0.4 is 5.32 Å². The lowest BCUT2D eigenvalue weighted by Crippen LogP contribution is -2.12. The van der Waals surface area contributed by atoms with E-state index in [1.165, 1.54) is 0 Å². The van der Waals surface area contributed by atoms with Crippen molar-refractivity contribution in [2.75, 3.05) is 11.1 Å². The Kier molecular flexibility index (Phi) is 3.49. The lowest BCUT2D eigenvalue weighted by atomic mass is 10.1. The summed E-state index contributed by atoms with van der Waals surface area (Å²) in [6, 6.07) is 4.49. The average Bonchev–Trinajstić information content (AvgIpc) is 2.70. The molecule has 0 unspecified atom stereocenters. The molecule has 1 N–H and O–H groups in total. The van der Waals surface area contributed by atoms with Gasteiger partial charge in [0, 0.05) is 11.4 Å². The highest BCUT2D eigenvalue weighted by atomic mass is 32.2. The number of rotatable bonds is 2. The van der Waals surface area contributed by atoms with Gasteiger partial charge in [-0.15, -0.1) is 0 Å². The van der Waals surface area contributed by atoms with Crippen molar-refractivity contribution in [2.24, 2.45) is 10.9 Å². The van der Waals surface area contributed by atoms with Crippen molar-refractivity contribution in [3.8, 4) is 0 Å². The van der Waals surface area contributed by atoms with E-state index in [0.717, 1.165) is 22.3 Å². The van der Waals surface area contributed by atoms with Gasteiger partial charge in [-0.2, -0.15) is 0 Å². The molecule has 0 fully saturated rings. The van der Waals surface area contributed by atoms with Crippen LogP contribution in [0.15, 0.2) is 23.3 Å². The van der Waals surface area contributed by atoms with Gasteiger partial charge in [-0.1, -0.05) is 25.6 Å². The van der Waals surface area contributed by atoms with Crippen molar-refractivity contribution in [1.29, 1.82) is 0 Å². The van der Waals surface area contributed by atoms with E-state index in [-0.39, 0.29) is 0 Å². The molecular formula is C12H17N3S. The van der Waals surface area contributed by atoms with Crippen molar-refractivity contribution < 1.29 is 0 Å². The Bertz CT molecular complexity index is 384. The molecule has 0 saturated heterocycles. The molecule has 1 aromatic rings. The van der Waals surface area contributed by atoms with Crippen LogP contribution in [0.25, 0.3) is 0 Å². The number of hydrogen-bond acceptors (Lipinski definition) is 4. The molecule has 0 saturated carbocycles. The lowest BCUT2D eigenvalue weighted by Gasteiger charge is -2.08. The van der Waals surface area contributed by atoms with Crippen LogP contribution in [0.2, 0.25) is 0 Å². The fourth-order valence-corrected chi connectivity index (χ4v) is 2.65. The Hall–Kier alpha value is -1.03. The highest BCUT2D eigenvalue weighted by molar-refractivity contribution is 8.14. The molecular weight excluding hydrogens is 218 g/mol. The van der Waals surface area contributed by atoms with E-state index in [2.05, 4.69) is 29.1 Å². The summed E-state index contributed by atoms with van der Waals surface area (Å²) in [5, 5.41) is 4.32. The minimum Gasteiger partial charge on any atom is -0.334 e. The number of aliphatic imine (C=N–C) groups is 1. The van der Waals surface area contributed by atoms with Crippen LogP contribution in [0.4, 0.5) is 5.69 Å². The summed E-state index contributed by atoms with van der Waals surface area (Å²) in [6.07, 6.45) is 1.85. The second-order valence-electron chi connectivity index (χ2n) is 4.37. The monoisotopic (exact) mass is 235 g/mol. The number of aromatic nitrogens is 1. The SMILES string of the molecule is Cc1ccc(NC2=N[C@@H](C(C)C)CS2)cn1. The molecule has 1 aliphatic rings. The third-order valence-electron chi connectivity index (χ3n) is 2.61. The van der Waals surface area contributed by atoms with Crippen molar-refractivity contribution in [3.63, 3.8) is 0 Å². The van der Waals surface area contributed by atoms with Crippen molar-refractivity contribution in [3.05, 3.63) is 24.0 Å². The molecule has 0 radical (unpaired) electrons. The Balaban J connectivity index is 2.01. The summed E-state index contributed by atoms with van der Waals surface area (Å²) in [5.74, 6) is 1.70. The van der Waals surface area contributed by atoms with Crippen LogP contribution in [0.5, 0.6) is 0 Å². The van der Waals surface area contributed by atoms with Crippen LogP contribution in [-0.4, -0.2) is 21.9 Å². The number of hydrogen-bond donors (Lipinski definition) is 1. The van der Waals surface area contributed by atoms with Gasteiger partial charge in [-0.3, -0.25) is 9.98 Å². The molecule has 86 valence electrons. The summed E-state index contributed by atoms with van der Waals surface area (Å²) in [6.45, 7) is 6.41. The molecule has 2 heterocycles. The van der Waals surface area contributed by atoms with Gasteiger partial charge in [0.15, 0.2) is 5.17 Å². The molecule has 0 spiro atoms. The summed E-state index contributed by atoms with van der Waals surface area (Å²) in [7, 11) is 0. The van der Waals surface area contributed by atoms with Gasteiger partial charge in [0.05, 0.1) is 17.9 Å². The molecule has 1 atom stereocenters. The third kappa shape index (κ3) is 2.76. The van der Waals surface area contributed by atoms with Gasteiger partial charge in [0.2, 0.25) is 0 Å². The van der Waals surface area contributed by atoms with Gasteiger partial charge in [-0.05, 0) is 25.0 Å². The zero-order valence-electron chi connectivity index (χ0n) is 9.90. The highest BCUT2D eigenvalue weighted by Gasteiger charge is 2.20. The number of nitrogens with zero attached hydrogens (tertiary/aromatic N) is 2. The zero-order chi connectivity index (χ0) is 11.5. The zero-order valence-corrected chi connectivity index (χ0v) is 10.7. The van der Waals surface area contributed by atoms with Gasteiger partial charge < -0.3 is 5.32 Å². The summed E-state index contributed by atoms with van der Waals surface area (Å²) < 4.78 is 0. The number of nitrogens with one attached hydrogen (secondary N) is 1. The van der Waals surface area contributed by atoms with Crippen molar-refractivity contribution in [1.82, 2.24) is 4.98 Å². The van der Waals surface area contributed by atoms with E-state index >= 15 is 0 Å². The third-order valence-corrected chi connectivity index (χ3v) is 3.60. The van der Waals surface area contributed by atoms with Crippen LogP contribution >= 0.6 is 11.8 Å². The second-order valence-corrected chi connectivity index (χ2v) is 5.38. The molecule has 0 amide bonds. The topological polar surface area (TPSA) is 37.3 Å². The number of anilines is 1. The normalized spacial score (nSPS) is 20.0. The molecule has 0 aromatic carbocycles. The van der Waals surface area contributed by atoms with Crippen molar-refractivity contribution >= 4 is 22.6 Å². The highest BCUT2D eigenvalue weighted by Crippen LogP contribution is 2.24. The van der Waals surface area contributed by atoms with E-state index < -0.39 is 0 Å². The fraction of sp³-hybridized carbons (Fsp3) is 0.500. The fourth-order valence-electron chi connectivity index (χ4n) is 1.46. The molecule has 16 heavy (non-hydrogen) atoms. The summed E-state index contributed by atoms with van der Waals surface area (Å²) in [4.78, 5) is 8.89. The predicted molar refractivity (Wildman–Crippen MR) is 71.1 cm³/mol. The molecule has 1 aliphatic heterocycles. The first-order valence-electron chi connectivity index (χ1n) is 5.55. The Morgan fingerprint density at radius 1 is 1.44 bits per heavy atom. The largest absolute Gasteiger partial charge is 0.334 e. The molecule has 1 aromatic heterocycles. The van der Waals surface area contributed by atoms with Crippen LogP contribution in [0.3, 0.4) is 0 Å². The molecule has 4 heteroatoms. The van der Waals surface area contributed by atoms with E-state index in [4.69, 9.17) is 0 Å². The van der Waals surface area contributed by atoms with E-state index in [0.29, 0.717) is 12.0 Å². The number of thioether (sulfide) groups is 1. The predicted octanol–water partition coefficient (Wildman–Crippen LogP) is 2.93. The number of amidine groups is 1. The van der Waals surface area contributed by atoms with Gasteiger partial charge in [-0.25, -0.2) is 0 Å². The van der Waals surface area contributed by atoms with Crippen LogP contribution in [0, 0.1) is 12.8 Å². The van der Waals surface area contributed by atoms with Gasteiger partial charge >= 0.3 is 0 Å². The maximum absolute atomic E-state index is 4.65. The minimum absolute atomic E-state index is 0.450. The van der Waals surface area contributed by atoms with Crippen LogP contribution in [0.1, 0.15) is 19.5 Å². The summed E-state index contributed by atoms with van der Waals surface area (Å²) in [5.41, 5.74) is 2.05. The summed E-state index contributed by atoms with van der Waals surface area (Å²) >= 11 is 1.79. The van der Waals surface area contributed by atoms with Crippen molar-refractivity contribution in [2.45, 2.75) is 26.8 Å². The molecule has 3 nitrogen and oxygen atoms in total. The first-order valence-corrected chi connectivity index (χ1v) is 6.54. The molecule has 2 rings (SSSR count). The smallest absolute Gasteiger partial charge is 0.161 e. The molecule has 0 aliphatic carbocycles. The van der Waals surface area contributed by atoms with E-state index in [1.807, 2.05) is 25.3 Å². The Morgan fingerprint density at radius 3 is 2.81 bits per heavy atom. The maximum Gasteiger partial charge on any atom is 0.161 e. The van der Waals surface area contributed by atoms with Gasteiger partial charge in [0.25, 0.3) is 0 Å². The number of pyridine rings is 1. The molecule has 0 bridgehead atoms.